The fraction of sp³-hybridized carbons (Fsp3) is 0. The Labute approximate surface area is 495 Å². The molecular formula is C78H54N2SSi2. The molecule has 16 aromatic rings. The molecule has 0 unspecified atom stereocenters. The average molecular weight is 1110 g/mol. The number of hydrogen-bond acceptors (Lipinski definition) is 1. The molecule has 5 heteroatoms. The van der Waals surface area contributed by atoms with Gasteiger partial charge in [-0.1, -0.05) is 267 Å². The summed E-state index contributed by atoms with van der Waals surface area (Å²) in [4.78, 5) is 0. The minimum Gasteiger partial charge on any atom is -0.309 e. The number of para-hydroxylation sites is 1. The fourth-order valence-electron chi connectivity index (χ4n) is 13.9. The Morgan fingerprint density at radius 2 is 0.759 bits per heavy atom. The third kappa shape index (κ3) is 7.59. The fourth-order valence-corrected chi connectivity index (χ4v) is 24.8. The van der Waals surface area contributed by atoms with Gasteiger partial charge in [0.25, 0.3) is 0 Å². The van der Waals surface area contributed by atoms with Gasteiger partial charge in [0.1, 0.15) is 0 Å². The Hall–Kier alpha value is -9.89. The van der Waals surface area contributed by atoms with E-state index in [0.717, 1.165) is 55.0 Å². The monoisotopic (exact) mass is 1110 g/mol. The second-order valence-electron chi connectivity index (χ2n) is 21.5. The molecule has 0 fully saturated rings. The molecule has 0 radical (unpaired) electrons. The van der Waals surface area contributed by atoms with E-state index in [1.54, 1.807) is 0 Å². The normalized spacial score (nSPS) is 12.9. The van der Waals surface area contributed by atoms with Crippen molar-refractivity contribution in [2.75, 3.05) is 0 Å². The zero-order valence-corrected chi connectivity index (χ0v) is 47.9. The predicted molar refractivity (Wildman–Crippen MR) is 361 cm³/mol. The van der Waals surface area contributed by atoms with Gasteiger partial charge in [0.2, 0.25) is 0 Å². The SMILES string of the molecule is [2H]c1c([2H])c([2H])c(-c2cccc3c2c2ccccc2n3-c2ccc3c(c2)c2c([Si](c4ccccc4)(c4ccccc4)c4ccccc4)cccc2n3-c2cccc([Si](c3ccccc3)(c3ccccc3)c3ccc4sc5ccccc5c4c3)c2)c([2H])c1[2H]. The standard InChI is InChI=1S/C78H54N2SSi2/c1-7-26-55(27-8-1)65-42-24-44-72-77(65)67-41-19-21-43-70(67)80(72)57-48-50-71-69(53-57)78-73(45-25-47-76(78)83(60-33-13-4-14-34-60,61-35-15-5-16-36-61)62-37-17-6-18-38-62)79(71)56-28-23-39-63(52-56)82(58-29-9-2-10-30-58,59-31-11-3-12-32-59)64-49-51-75-68(54-64)66-40-20-22-46-74(66)81-75/h1-54H/i1D,7D,8D,26D,27D. The quantitative estimate of drug-likeness (QED) is 0.0902. The first-order valence-electron chi connectivity index (χ1n) is 30.7. The lowest BCUT2D eigenvalue weighted by Crippen LogP contribution is -2.74. The molecular weight excluding hydrogens is 1050 g/mol. The van der Waals surface area contributed by atoms with Crippen molar-refractivity contribution in [3.63, 3.8) is 0 Å². The minimum atomic E-state index is -3.21. The van der Waals surface area contributed by atoms with Crippen LogP contribution in [-0.2, 0) is 0 Å². The summed E-state index contributed by atoms with van der Waals surface area (Å²) in [5.41, 5.74) is 6.70. The number of hydrogen-bond donors (Lipinski definition) is 0. The summed E-state index contributed by atoms with van der Waals surface area (Å²) in [6.07, 6.45) is 0. The number of benzene rings is 13. The maximum atomic E-state index is 9.18. The molecule has 0 amide bonds. The van der Waals surface area contributed by atoms with E-state index in [-0.39, 0.29) is 29.7 Å². The topological polar surface area (TPSA) is 9.86 Å². The van der Waals surface area contributed by atoms with E-state index in [4.69, 9.17) is 4.11 Å². The van der Waals surface area contributed by atoms with Gasteiger partial charge in [-0.05, 0) is 113 Å². The lowest BCUT2D eigenvalue weighted by Gasteiger charge is -2.35. The van der Waals surface area contributed by atoms with Crippen LogP contribution in [0.3, 0.4) is 0 Å². The first-order valence-corrected chi connectivity index (χ1v) is 33.1. The molecule has 0 atom stereocenters. The number of thiophene rings is 1. The van der Waals surface area contributed by atoms with Gasteiger partial charge in [0, 0.05) is 53.1 Å². The van der Waals surface area contributed by atoms with Crippen LogP contribution in [0.1, 0.15) is 6.85 Å². The van der Waals surface area contributed by atoms with Gasteiger partial charge in [-0.15, -0.1) is 11.3 Å². The largest absolute Gasteiger partial charge is 0.309 e. The summed E-state index contributed by atoms with van der Waals surface area (Å²) >= 11 is 1.85. The summed E-state index contributed by atoms with van der Waals surface area (Å²) in [5, 5.41) is 16.8. The highest BCUT2D eigenvalue weighted by Gasteiger charge is 2.44. The minimum absolute atomic E-state index is 0.182. The first-order chi connectivity index (χ1) is 43.3. The van der Waals surface area contributed by atoms with Crippen molar-refractivity contribution < 1.29 is 6.85 Å². The molecule has 0 aliphatic rings. The highest BCUT2D eigenvalue weighted by molar-refractivity contribution is 7.26. The Morgan fingerprint density at radius 3 is 1.40 bits per heavy atom. The molecule has 2 nitrogen and oxygen atoms in total. The van der Waals surface area contributed by atoms with E-state index in [1.165, 1.54) is 61.7 Å². The molecule has 0 aliphatic heterocycles. The van der Waals surface area contributed by atoms with Crippen LogP contribution in [0.15, 0.2) is 327 Å². The van der Waals surface area contributed by atoms with Crippen molar-refractivity contribution in [3.05, 3.63) is 327 Å². The van der Waals surface area contributed by atoms with Crippen molar-refractivity contribution in [1.82, 2.24) is 9.13 Å². The summed E-state index contributed by atoms with van der Waals surface area (Å²) in [6, 6.07) is 108. The van der Waals surface area contributed by atoms with Crippen molar-refractivity contribution in [2.45, 2.75) is 0 Å². The van der Waals surface area contributed by atoms with Crippen molar-refractivity contribution in [1.29, 1.82) is 0 Å². The Balaban J connectivity index is 1.02. The van der Waals surface area contributed by atoms with Crippen LogP contribution in [0.2, 0.25) is 0 Å². The molecule has 0 saturated heterocycles. The Bertz CT molecular complexity index is 5230. The molecule has 390 valence electrons. The second kappa shape index (κ2) is 20.0. The van der Waals surface area contributed by atoms with E-state index in [0.29, 0.717) is 5.56 Å². The van der Waals surface area contributed by atoms with Crippen molar-refractivity contribution >= 4 is 133 Å². The summed E-state index contributed by atoms with van der Waals surface area (Å²) in [6.45, 7) is 0. The van der Waals surface area contributed by atoms with E-state index < -0.39 is 22.2 Å². The van der Waals surface area contributed by atoms with Gasteiger partial charge in [-0.2, -0.15) is 0 Å². The van der Waals surface area contributed by atoms with Crippen LogP contribution >= 0.6 is 11.3 Å². The molecule has 3 heterocycles. The molecule has 3 aromatic heterocycles. The van der Waals surface area contributed by atoms with Crippen molar-refractivity contribution in [3.8, 4) is 22.5 Å². The zero-order chi connectivity index (χ0) is 59.3. The van der Waals surface area contributed by atoms with Crippen LogP contribution in [0.4, 0.5) is 0 Å². The van der Waals surface area contributed by atoms with E-state index >= 15 is 0 Å². The molecule has 0 aliphatic carbocycles. The third-order valence-corrected chi connectivity index (χ3v) is 28.0. The Kier molecular flexibility index (Phi) is 10.6. The molecule has 0 spiro atoms. The van der Waals surface area contributed by atoms with Gasteiger partial charge in [0.15, 0.2) is 16.1 Å². The maximum Gasteiger partial charge on any atom is 0.180 e. The lowest BCUT2D eigenvalue weighted by atomic mass is 9.99. The molecule has 16 rings (SSSR count). The lowest BCUT2D eigenvalue weighted by molar-refractivity contribution is 1.17. The number of rotatable bonds is 11. The van der Waals surface area contributed by atoms with Crippen molar-refractivity contribution in [2.24, 2.45) is 0 Å². The predicted octanol–water partition coefficient (Wildman–Crippen LogP) is 14.7. The van der Waals surface area contributed by atoms with Crippen LogP contribution in [0.25, 0.3) is 86.3 Å². The van der Waals surface area contributed by atoms with Gasteiger partial charge in [-0.25, -0.2) is 0 Å². The molecule has 13 aromatic carbocycles. The van der Waals surface area contributed by atoms with Gasteiger partial charge in [0.05, 0.1) is 28.9 Å². The summed E-state index contributed by atoms with van der Waals surface area (Å²) in [7, 11) is -6.34. The molecule has 0 bridgehead atoms. The number of aromatic nitrogens is 2. The van der Waals surface area contributed by atoms with Gasteiger partial charge < -0.3 is 9.13 Å². The third-order valence-electron chi connectivity index (χ3n) is 17.3. The van der Waals surface area contributed by atoms with Crippen LogP contribution in [0, 0.1) is 0 Å². The Morgan fingerprint density at radius 1 is 0.289 bits per heavy atom. The first kappa shape index (κ1) is 43.9. The maximum absolute atomic E-state index is 9.18. The molecule has 0 saturated carbocycles. The van der Waals surface area contributed by atoms with Gasteiger partial charge >= 0.3 is 0 Å². The zero-order valence-electron chi connectivity index (χ0n) is 50.1. The van der Waals surface area contributed by atoms with Crippen LogP contribution in [-0.4, -0.2) is 25.3 Å². The number of fused-ring (bicyclic) bond motifs is 9. The van der Waals surface area contributed by atoms with E-state index in [1.807, 2.05) is 35.6 Å². The van der Waals surface area contributed by atoms with E-state index in [2.05, 4.69) is 282 Å². The highest BCUT2D eigenvalue weighted by atomic mass is 32.1. The van der Waals surface area contributed by atoms with E-state index in [9.17, 15) is 2.74 Å². The van der Waals surface area contributed by atoms with Crippen LogP contribution < -0.4 is 41.5 Å². The molecule has 83 heavy (non-hydrogen) atoms. The number of nitrogens with zero attached hydrogens (tertiary/aromatic N) is 2. The second-order valence-corrected chi connectivity index (χ2v) is 30.1. The average Bonchev–Trinajstić information content (AvgIpc) is 1.54. The smallest absolute Gasteiger partial charge is 0.180 e. The summed E-state index contributed by atoms with van der Waals surface area (Å²) < 4.78 is 51.6. The van der Waals surface area contributed by atoms with Gasteiger partial charge in [-0.3, -0.25) is 0 Å². The highest BCUT2D eigenvalue weighted by Crippen LogP contribution is 2.41. The summed E-state index contributed by atoms with van der Waals surface area (Å²) in [5.74, 6) is 0. The van der Waals surface area contributed by atoms with Crippen LogP contribution in [0.5, 0.6) is 0 Å². The molecule has 0 N–H and O–H groups in total.